The molecule has 1 aliphatic rings. The fourth-order valence-electron chi connectivity index (χ4n) is 1.68. The Kier molecular flexibility index (Phi) is 4.45. The molecular formula is C11H13IN2OS. The molecule has 0 saturated carbocycles. The predicted octanol–water partition coefficient (Wildman–Crippen LogP) is 2.31. The highest BCUT2D eigenvalue weighted by Crippen LogP contribution is 2.18. The number of aromatic nitrogens is 1. The molecule has 16 heavy (non-hydrogen) atoms. The van der Waals surface area contributed by atoms with E-state index in [1.165, 1.54) is 12.2 Å². The third-order valence-corrected chi connectivity index (χ3v) is 4.59. The Morgan fingerprint density at radius 1 is 1.62 bits per heavy atom. The SMILES string of the molecule is O=C(N[C@@H]1CCCSC1)c1ccncc1I. The van der Waals surface area contributed by atoms with Crippen LogP contribution in [0.3, 0.4) is 0 Å². The Morgan fingerprint density at radius 2 is 2.50 bits per heavy atom. The van der Waals surface area contributed by atoms with Crippen molar-refractivity contribution < 1.29 is 4.79 Å². The number of carbonyl (C=O) groups excluding carboxylic acids is 1. The number of nitrogens with one attached hydrogen (secondary N) is 1. The van der Waals surface area contributed by atoms with Crippen molar-refractivity contribution in [2.24, 2.45) is 0 Å². The van der Waals surface area contributed by atoms with E-state index in [0.717, 1.165) is 21.3 Å². The molecule has 1 aromatic heterocycles. The van der Waals surface area contributed by atoms with Crippen LogP contribution in [0.4, 0.5) is 0 Å². The maximum atomic E-state index is 12.0. The van der Waals surface area contributed by atoms with Gasteiger partial charge in [-0.3, -0.25) is 9.78 Å². The van der Waals surface area contributed by atoms with Gasteiger partial charge in [0.05, 0.1) is 5.56 Å². The Balaban J connectivity index is 2.00. The van der Waals surface area contributed by atoms with Crippen LogP contribution in [-0.4, -0.2) is 28.4 Å². The summed E-state index contributed by atoms with van der Waals surface area (Å²) in [6.07, 6.45) is 5.67. The zero-order valence-electron chi connectivity index (χ0n) is 8.78. The fourth-order valence-corrected chi connectivity index (χ4v) is 3.33. The van der Waals surface area contributed by atoms with Crippen molar-refractivity contribution >= 4 is 40.3 Å². The summed E-state index contributed by atoms with van der Waals surface area (Å²) in [5.74, 6) is 2.28. The summed E-state index contributed by atoms with van der Waals surface area (Å²) in [4.78, 5) is 16.0. The summed E-state index contributed by atoms with van der Waals surface area (Å²) >= 11 is 4.06. The minimum absolute atomic E-state index is 0.0271. The van der Waals surface area contributed by atoms with Gasteiger partial charge in [-0.05, 0) is 47.3 Å². The van der Waals surface area contributed by atoms with Crippen LogP contribution in [0.5, 0.6) is 0 Å². The first-order valence-electron chi connectivity index (χ1n) is 5.25. The second-order valence-electron chi connectivity index (χ2n) is 3.74. The molecular weight excluding hydrogens is 335 g/mol. The van der Waals surface area contributed by atoms with Crippen molar-refractivity contribution in [2.45, 2.75) is 18.9 Å². The largest absolute Gasteiger partial charge is 0.348 e. The van der Waals surface area contributed by atoms with E-state index < -0.39 is 0 Å². The Labute approximate surface area is 113 Å². The Morgan fingerprint density at radius 3 is 3.19 bits per heavy atom. The molecule has 0 spiro atoms. The van der Waals surface area contributed by atoms with Crippen LogP contribution >= 0.6 is 34.4 Å². The van der Waals surface area contributed by atoms with Crippen LogP contribution in [0.2, 0.25) is 0 Å². The molecule has 0 aliphatic carbocycles. The first-order chi connectivity index (χ1) is 7.77. The van der Waals surface area contributed by atoms with Gasteiger partial charge in [-0.2, -0.15) is 11.8 Å². The zero-order chi connectivity index (χ0) is 11.4. The predicted molar refractivity (Wildman–Crippen MR) is 74.8 cm³/mol. The first kappa shape index (κ1) is 12.2. The van der Waals surface area contributed by atoms with Crippen molar-refractivity contribution in [3.63, 3.8) is 0 Å². The molecule has 5 heteroatoms. The highest BCUT2D eigenvalue weighted by atomic mass is 127. The summed E-state index contributed by atoms with van der Waals surface area (Å²) in [5.41, 5.74) is 0.728. The number of amides is 1. The molecule has 86 valence electrons. The lowest BCUT2D eigenvalue weighted by molar-refractivity contribution is 0.0937. The smallest absolute Gasteiger partial charge is 0.252 e. The van der Waals surface area contributed by atoms with Crippen molar-refractivity contribution in [1.82, 2.24) is 10.3 Å². The van der Waals surface area contributed by atoms with E-state index in [1.807, 2.05) is 11.8 Å². The van der Waals surface area contributed by atoms with Crippen LogP contribution in [-0.2, 0) is 0 Å². The van der Waals surface area contributed by atoms with Crippen molar-refractivity contribution in [3.05, 3.63) is 27.6 Å². The molecule has 1 N–H and O–H groups in total. The van der Waals surface area contributed by atoms with E-state index in [9.17, 15) is 4.79 Å². The van der Waals surface area contributed by atoms with Crippen LogP contribution in [0, 0.1) is 3.57 Å². The van der Waals surface area contributed by atoms with E-state index in [-0.39, 0.29) is 5.91 Å². The number of halogens is 1. The molecule has 1 amide bonds. The van der Waals surface area contributed by atoms with Gasteiger partial charge in [-0.15, -0.1) is 0 Å². The summed E-state index contributed by atoms with van der Waals surface area (Å²) in [6, 6.07) is 2.10. The van der Waals surface area contributed by atoms with Crippen LogP contribution in [0.25, 0.3) is 0 Å². The minimum Gasteiger partial charge on any atom is -0.348 e. The molecule has 2 rings (SSSR count). The van der Waals surface area contributed by atoms with Gasteiger partial charge in [0, 0.05) is 27.8 Å². The molecule has 2 heterocycles. The van der Waals surface area contributed by atoms with Gasteiger partial charge in [0.2, 0.25) is 0 Å². The highest BCUT2D eigenvalue weighted by Gasteiger charge is 2.17. The lowest BCUT2D eigenvalue weighted by Crippen LogP contribution is -2.38. The van der Waals surface area contributed by atoms with Crippen molar-refractivity contribution in [1.29, 1.82) is 0 Å². The lowest BCUT2D eigenvalue weighted by Gasteiger charge is -2.22. The van der Waals surface area contributed by atoms with Crippen LogP contribution in [0.15, 0.2) is 18.5 Å². The number of pyridine rings is 1. The summed E-state index contributed by atoms with van der Waals surface area (Å²) in [6.45, 7) is 0. The van der Waals surface area contributed by atoms with Crippen molar-refractivity contribution in [2.75, 3.05) is 11.5 Å². The Bertz CT molecular complexity index is 380. The zero-order valence-corrected chi connectivity index (χ0v) is 11.8. The molecule has 1 fully saturated rings. The van der Waals surface area contributed by atoms with Gasteiger partial charge < -0.3 is 5.32 Å². The lowest BCUT2D eigenvalue weighted by atomic mass is 10.1. The first-order valence-corrected chi connectivity index (χ1v) is 7.49. The average Bonchev–Trinajstić information content (AvgIpc) is 2.31. The monoisotopic (exact) mass is 348 g/mol. The number of rotatable bonds is 2. The maximum absolute atomic E-state index is 12.0. The number of hydrogen-bond donors (Lipinski definition) is 1. The summed E-state index contributed by atoms with van der Waals surface area (Å²) in [7, 11) is 0. The van der Waals surface area contributed by atoms with Gasteiger partial charge in [-0.1, -0.05) is 0 Å². The molecule has 1 atom stereocenters. The maximum Gasteiger partial charge on any atom is 0.252 e. The Hall–Kier alpha value is -0.300. The van der Waals surface area contributed by atoms with Gasteiger partial charge in [0.1, 0.15) is 0 Å². The summed E-state index contributed by atoms with van der Waals surface area (Å²) < 4.78 is 0.904. The second kappa shape index (κ2) is 5.86. The third-order valence-electron chi connectivity index (χ3n) is 2.51. The average molecular weight is 348 g/mol. The highest BCUT2D eigenvalue weighted by molar-refractivity contribution is 14.1. The molecule has 1 aliphatic heterocycles. The van der Waals surface area contributed by atoms with Gasteiger partial charge >= 0.3 is 0 Å². The molecule has 1 saturated heterocycles. The van der Waals surface area contributed by atoms with Gasteiger partial charge in [-0.25, -0.2) is 0 Å². The normalized spacial score (nSPS) is 20.4. The fraction of sp³-hybridized carbons (Fsp3) is 0.455. The molecule has 0 radical (unpaired) electrons. The van der Waals surface area contributed by atoms with Crippen molar-refractivity contribution in [3.8, 4) is 0 Å². The summed E-state index contributed by atoms with van der Waals surface area (Å²) in [5, 5.41) is 3.08. The molecule has 0 unspecified atom stereocenters. The molecule has 0 bridgehead atoms. The molecule has 1 aromatic rings. The van der Waals surface area contributed by atoms with E-state index in [1.54, 1.807) is 18.5 Å². The standard InChI is InChI=1S/C11H13IN2OS/c12-10-6-13-4-3-9(10)11(15)14-8-2-1-5-16-7-8/h3-4,6,8H,1-2,5,7H2,(H,14,15)/t8-/m1/s1. The third kappa shape index (κ3) is 3.10. The quantitative estimate of drug-likeness (QED) is 0.834. The van der Waals surface area contributed by atoms with Gasteiger partial charge in [0.25, 0.3) is 5.91 Å². The number of thioether (sulfide) groups is 1. The van der Waals surface area contributed by atoms with E-state index in [0.29, 0.717) is 6.04 Å². The van der Waals surface area contributed by atoms with Crippen LogP contribution in [0.1, 0.15) is 23.2 Å². The van der Waals surface area contributed by atoms with Gasteiger partial charge in [0.15, 0.2) is 0 Å². The number of hydrogen-bond acceptors (Lipinski definition) is 3. The molecule has 3 nitrogen and oxygen atoms in total. The van der Waals surface area contributed by atoms with E-state index in [4.69, 9.17) is 0 Å². The minimum atomic E-state index is 0.0271. The number of nitrogens with zero attached hydrogens (tertiary/aromatic N) is 1. The second-order valence-corrected chi connectivity index (χ2v) is 6.06. The van der Waals surface area contributed by atoms with E-state index in [2.05, 4.69) is 32.9 Å². The van der Waals surface area contributed by atoms with E-state index >= 15 is 0 Å². The van der Waals surface area contributed by atoms with Crippen LogP contribution < -0.4 is 5.32 Å². The topological polar surface area (TPSA) is 42.0 Å². The molecule has 0 aromatic carbocycles. The number of carbonyl (C=O) groups is 1.